The van der Waals surface area contributed by atoms with Gasteiger partial charge in [0.25, 0.3) is 0 Å². The smallest absolute Gasteiger partial charge is 0.224 e. The zero-order valence-electron chi connectivity index (χ0n) is 11.3. The van der Waals surface area contributed by atoms with Crippen molar-refractivity contribution in [3.05, 3.63) is 42.0 Å². The van der Waals surface area contributed by atoms with Gasteiger partial charge in [-0.3, -0.25) is 0 Å². The van der Waals surface area contributed by atoms with Gasteiger partial charge < -0.3 is 10.1 Å². The van der Waals surface area contributed by atoms with E-state index in [0.717, 1.165) is 31.0 Å². The van der Waals surface area contributed by atoms with Crippen molar-refractivity contribution in [3.63, 3.8) is 0 Å². The molecule has 1 N–H and O–H groups in total. The second-order valence-corrected chi connectivity index (χ2v) is 4.81. The van der Waals surface area contributed by atoms with Crippen LogP contribution < -0.4 is 10.1 Å². The van der Waals surface area contributed by atoms with Gasteiger partial charge in [0, 0.05) is 24.6 Å². The molecule has 0 bridgehead atoms. The molecule has 1 fully saturated rings. The van der Waals surface area contributed by atoms with Crippen LogP contribution in [-0.2, 0) is 0 Å². The maximum absolute atomic E-state index is 13.2. The van der Waals surface area contributed by atoms with E-state index in [0.29, 0.717) is 17.5 Å². The summed E-state index contributed by atoms with van der Waals surface area (Å²) in [5.74, 6) is 2.54. The first-order valence-corrected chi connectivity index (χ1v) is 6.81. The van der Waals surface area contributed by atoms with E-state index >= 15 is 0 Å². The van der Waals surface area contributed by atoms with Crippen LogP contribution in [0.5, 0.6) is 11.6 Å². The lowest BCUT2D eigenvalue weighted by Crippen LogP contribution is -2.04. The predicted molar refractivity (Wildman–Crippen MR) is 74.6 cm³/mol. The number of benzene rings is 1. The Hall–Kier alpha value is -2.17. The van der Waals surface area contributed by atoms with E-state index in [-0.39, 0.29) is 5.82 Å². The molecule has 20 heavy (non-hydrogen) atoms. The van der Waals surface area contributed by atoms with Crippen molar-refractivity contribution in [2.24, 2.45) is 0 Å². The average molecular weight is 273 g/mol. The molecule has 1 aromatic carbocycles. The third kappa shape index (κ3) is 3.04. The quantitative estimate of drug-likeness (QED) is 0.902. The fourth-order valence-electron chi connectivity index (χ4n) is 1.94. The number of rotatable bonds is 5. The topological polar surface area (TPSA) is 47.0 Å². The molecule has 5 heteroatoms. The molecule has 0 radical (unpaired) electrons. The summed E-state index contributed by atoms with van der Waals surface area (Å²) < 4.78 is 18.8. The second-order valence-electron chi connectivity index (χ2n) is 4.81. The highest BCUT2D eigenvalue weighted by atomic mass is 19.1. The van der Waals surface area contributed by atoms with Crippen LogP contribution >= 0.6 is 0 Å². The molecule has 1 aliphatic rings. The van der Waals surface area contributed by atoms with Gasteiger partial charge in [-0.1, -0.05) is 6.07 Å². The number of ether oxygens (including phenoxy) is 1. The minimum absolute atomic E-state index is 0.328. The molecular weight excluding hydrogens is 257 g/mol. The highest BCUT2D eigenvalue weighted by Crippen LogP contribution is 2.39. The first-order valence-electron chi connectivity index (χ1n) is 6.81. The van der Waals surface area contributed by atoms with Gasteiger partial charge in [-0.2, -0.15) is 4.98 Å². The van der Waals surface area contributed by atoms with Crippen LogP contribution in [0.25, 0.3) is 0 Å². The summed E-state index contributed by atoms with van der Waals surface area (Å²) in [4.78, 5) is 8.87. The van der Waals surface area contributed by atoms with E-state index in [1.165, 1.54) is 12.1 Å². The fraction of sp³-hybridized carbons (Fsp3) is 0.333. The lowest BCUT2D eigenvalue weighted by molar-refractivity contribution is 0.454. The van der Waals surface area contributed by atoms with Gasteiger partial charge >= 0.3 is 0 Å². The van der Waals surface area contributed by atoms with Crippen molar-refractivity contribution >= 4 is 5.82 Å². The molecule has 0 aliphatic heterocycles. The van der Waals surface area contributed by atoms with Crippen LogP contribution in [0.15, 0.2) is 30.3 Å². The van der Waals surface area contributed by atoms with E-state index in [1.807, 2.05) is 6.92 Å². The largest absolute Gasteiger partial charge is 0.439 e. The molecule has 0 atom stereocenters. The molecule has 1 heterocycles. The molecule has 1 aromatic heterocycles. The molecule has 3 rings (SSSR count). The first kappa shape index (κ1) is 12.8. The molecule has 0 amide bonds. The van der Waals surface area contributed by atoms with Gasteiger partial charge in [0.1, 0.15) is 23.2 Å². The monoisotopic (exact) mass is 273 g/mol. The average Bonchev–Trinajstić information content (AvgIpc) is 3.23. The Labute approximate surface area is 117 Å². The van der Waals surface area contributed by atoms with Gasteiger partial charge in [0.15, 0.2) is 0 Å². The standard InChI is InChI=1S/C15H16FN3O/c1-2-17-13-9-14(19-15(18-13)10-6-7-10)20-12-5-3-4-11(16)8-12/h3-5,8-10H,2,6-7H2,1H3,(H,17,18,19). The lowest BCUT2D eigenvalue weighted by atomic mass is 10.3. The summed E-state index contributed by atoms with van der Waals surface area (Å²) in [5.41, 5.74) is 0. The molecule has 1 saturated carbocycles. The Morgan fingerprint density at radius 3 is 2.85 bits per heavy atom. The maximum atomic E-state index is 13.2. The number of hydrogen-bond donors (Lipinski definition) is 1. The number of hydrogen-bond acceptors (Lipinski definition) is 4. The van der Waals surface area contributed by atoms with Crippen LogP contribution in [0.3, 0.4) is 0 Å². The Bertz CT molecular complexity index is 614. The van der Waals surface area contributed by atoms with Crippen LogP contribution in [0.4, 0.5) is 10.2 Å². The highest BCUT2D eigenvalue weighted by molar-refractivity contribution is 5.40. The van der Waals surface area contributed by atoms with E-state index in [1.54, 1.807) is 18.2 Å². The van der Waals surface area contributed by atoms with Crippen LogP contribution in [0.1, 0.15) is 31.5 Å². The van der Waals surface area contributed by atoms with Crippen LogP contribution in [0, 0.1) is 5.82 Å². The van der Waals surface area contributed by atoms with Crippen molar-refractivity contribution < 1.29 is 9.13 Å². The maximum Gasteiger partial charge on any atom is 0.224 e. The van der Waals surface area contributed by atoms with Crippen molar-refractivity contribution in [3.8, 4) is 11.6 Å². The van der Waals surface area contributed by atoms with Crippen LogP contribution in [0.2, 0.25) is 0 Å². The molecule has 0 spiro atoms. The minimum atomic E-state index is -0.328. The summed E-state index contributed by atoms with van der Waals surface area (Å²) in [7, 11) is 0. The number of halogens is 1. The Kier molecular flexibility index (Phi) is 3.50. The molecular formula is C15H16FN3O. The van der Waals surface area contributed by atoms with Crippen molar-refractivity contribution in [2.75, 3.05) is 11.9 Å². The van der Waals surface area contributed by atoms with E-state index in [2.05, 4.69) is 15.3 Å². The third-order valence-electron chi connectivity index (χ3n) is 3.04. The minimum Gasteiger partial charge on any atom is -0.439 e. The molecule has 0 unspecified atom stereocenters. The number of aromatic nitrogens is 2. The first-order chi connectivity index (χ1) is 9.74. The van der Waals surface area contributed by atoms with Gasteiger partial charge in [-0.05, 0) is 31.9 Å². The summed E-state index contributed by atoms with van der Waals surface area (Å²) >= 11 is 0. The fourth-order valence-corrected chi connectivity index (χ4v) is 1.94. The number of nitrogens with zero attached hydrogens (tertiary/aromatic N) is 2. The lowest BCUT2D eigenvalue weighted by Gasteiger charge is -2.09. The number of anilines is 1. The summed E-state index contributed by atoms with van der Waals surface area (Å²) in [6.07, 6.45) is 2.24. The molecule has 0 saturated heterocycles. The predicted octanol–water partition coefficient (Wildman–Crippen LogP) is 3.72. The van der Waals surface area contributed by atoms with Crippen molar-refractivity contribution in [1.82, 2.24) is 9.97 Å². The SMILES string of the molecule is CCNc1cc(Oc2cccc(F)c2)nc(C2CC2)n1. The molecule has 2 aromatic rings. The van der Waals surface area contributed by atoms with Gasteiger partial charge in [0.2, 0.25) is 5.88 Å². The van der Waals surface area contributed by atoms with Crippen LogP contribution in [-0.4, -0.2) is 16.5 Å². The summed E-state index contributed by atoms with van der Waals surface area (Å²) in [6, 6.07) is 7.77. The Morgan fingerprint density at radius 1 is 1.30 bits per heavy atom. The normalized spacial score (nSPS) is 14.1. The van der Waals surface area contributed by atoms with Crippen molar-refractivity contribution in [1.29, 1.82) is 0 Å². The second kappa shape index (κ2) is 5.45. The van der Waals surface area contributed by atoms with E-state index < -0.39 is 0 Å². The Balaban J connectivity index is 1.87. The highest BCUT2D eigenvalue weighted by Gasteiger charge is 2.27. The molecule has 4 nitrogen and oxygen atoms in total. The summed E-state index contributed by atoms with van der Waals surface area (Å²) in [5, 5.41) is 3.16. The Morgan fingerprint density at radius 2 is 2.15 bits per heavy atom. The number of nitrogens with one attached hydrogen (secondary N) is 1. The third-order valence-corrected chi connectivity index (χ3v) is 3.04. The molecule has 1 aliphatic carbocycles. The van der Waals surface area contributed by atoms with E-state index in [4.69, 9.17) is 4.74 Å². The van der Waals surface area contributed by atoms with Crippen molar-refractivity contribution in [2.45, 2.75) is 25.7 Å². The zero-order chi connectivity index (χ0) is 13.9. The zero-order valence-corrected chi connectivity index (χ0v) is 11.3. The summed E-state index contributed by atoms with van der Waals surface area (Å²) in [6.45, 7) is 2.78. The molecule has 104 valence electrons. The van der Waals surface area contributed by atoms with Gasteiger partial charge in [-0.15, -0.1) is 0 Å². The van der Waals surface area contributed by atoms with Gasteiger partial charge in [0.05, 0.1) is 0 Å². The van der Waals surface area contributed by atoms with Gasteiger partial charge in [-0.25, -0.2) is 9.37 Å². The van der Waals surface area contributed by atoms with E-state index in [9.17, 15) is 4.39 Å².